The van der Waals surface area contributed by atoms with Crippen molar-refractivity contribution in [1.82, 2.24) is 10.3 Å². The summed E-state index contributed by atoms with van der Waals surface area (Å²) in [6, 6.07) is 5.58. The molecule has 3 rings (SSSR count). The molecule has 0 saturated carbocycles. The van der Waals surface area contributed by atoms with E-state index in [0.717, 1.165) is 17.8 Å². The zero-order valence-corrected chi connectivity index (χ0v) is 15.5. The number of halogens is 1. The van der Waals surface area contributed by atoms with Crippen LogP contribution in [0.4, 0.5) is 5.13 Å². The smallest absolute Gasteiger partial charge is 0.256 e. The molecular weight excluding hydrogens is 366 g/mol. The summed E-state index contributed by atoms with van der Waals surface area (Å²) in [5.41, 5.74) is 1.65. The molecule has 1 aromatic heterocycles. The molecule has 2 heterocycles. The van der Waals surface area contributed by atoms with Crippen molar-refractivity contribution in [3.05, 3.63) is 23.6 Å². The molecule has 1 aliphatic heterocycles. The number of ether oxygens (including phenoxy) is 3. The summed E-state index contributed by atoms with van der Waals surface area (Å²) in [5, 5.41) is 8.35. The van der Waals surface area contributed by atoms with Gasteiger partial charge in [-0.15, -0.1) is 23.7 Å². The van der Waals surface area contributed by atoms with Gasteiger partial charge in [0.25, 0.3) is 5.91 Å². The number of carbonyl (C=O) groups is 1. The van der Waals surface area contributed by atoms with E-state index >= 15 is 0 Å². The second-order valence-corrected chi connectivity index (χ2v) is 6.02. The van der Waals surface area contributed by atoms with Gasteiger partial charge < -0.3 is 19.5 Å². The first-order valence-corrected chi connectivity index (χ1v) is 8.40. The summed E-state index contributed by atoms with van der Waals surface area (Å²) in [4.78, 5) is 16.6. The summed E-state index contributed by atoms with van der Waals surface area (Å²) < 4.78 is 16.0. The Morgan fingerprint density at radius 3 is 2.84 bits per heavy atom. The predicted molar refractivity (Wildman–Crippen MR) is 99.1 cm³/mol. The zero-order valence-electron chi connectivity index (χ0n) is 13.9. The third-order valence-corrected chi connectivity index (χ3v) is 4.39. The maximum Gasteiger partial charge on any atom is 0.256 e. The van der Waals surface area contributed by atoms with Crippen LogP contribution in [0.15, 0.2) is 23.6 Å². The molecule has 0 aliphatic carbocycles. The molecule has 1 fully saturated rings. The van der Waals surface area contributed by atoms with Crippen LogP contribution in [0.3, 0.4) is 0 Å². The van der Waals surface area contributed by atoms with Crippen LogP contribution in [0.2, 0.25) is 0 Å². The Hall–Kier alpha value is -1.87. The maximum absolute atomic E-state index is 12.2. The first kappa shape index (κ1) is 19.5. The molecule has 136 valence electrons. The van der Waals surface area contributed by atoms with Crippen LogP contribution in [0, 0.1) is 0 Å². The Bertz CT molecular complexity index is 719. The van der Waals surface area contributed by atoms with Crippen molar-refractivity contribution >= 4 is 34.8 Å². The van der Waals surface area contributed by atoms with Gasteiger partial charge in [-0.1, -0.05) is 0 Å². The number of nitrogens with zero attached hydrogens (tertiary/aromatic N) is 1. The molecule has 1 atom stereocenters. The first-order chi connectivity index (χ1) is 11.7. The van der Waals surface area contributed by atoms with Gasteiger partial charge in [-0.2, -0.15) is 0 Å². The Kier molecular flexibility index (Phi) is 7.01. The molecule has 2 aromatic rings. The van der Waals surface area contributed by atoms with Crippen LogP contribution >= 0.6 is 23.7 Å². The topological polar surface area (TPSA) is 81.7 Å². The molecule has 7 nitrogen and oxygen atoms in total. The summed E-state index contributed by atoms with van der Waals surface area (Å²) in [7, 11) is 3.18. The standard InChI is InChI=1S/C16H19N3O4S.ClH/c1-21-12-4-3-10(7-13(12)22-2)11-9-24-16(18-11)19-15(20)14-8-17-5-6-23-14;/h3-4,7,9,14,17H,5-6,8H2,1-2H3,(H,18,19,20);1H/t14-;/m1./s1. The number of benzene rings is 1. The number of rotatable bonds is 5. The van der Waals surface area contributed by atoms with Gasteiger partial charge in [-0.3, -0.25) is 10.1 Å². The normalized spacial score (nSPS) is 16.6. The lowest BCUT2D eigenvalue weighted by Gasteiger charge is -2.22. The number of carbonyl (C=O) groups excluding carboxylic acids is 1. The lowest BCUT2D eigenvalue weighted by molar-refractivity contribution is -0.128. The van der Waals surface area contributed by atoms with Crippen molar-refractivity contribution < 1.29 is 19.0 Å². The van der Waals surface area contributed by atoms with Gasteiger partial charge in [0, 0.05) is 24.0 Å². The molecule has 1 aliphatic rings. The predicted octanol–water partition coefficient (Wildman–Crippen LogP) is 2.18. The number of nitrogens with one attached hydrogen (secondary N) is 2. The number of anilines is 1. The number of morpholine rings is 1. The fourth-order valence-electron chi connectivity index (χ4n) is 2.38. The van der Waals surface area contributed by atoms with Crippen molar-refractivity contribution in [2.75, 3.05) is 39.2 Å². The molecule has 1 amide bonds. The molecule has 0 spiro atoms. The Balaban J connectivity index is 0.00000225. The third-order valence-electron chi connectivity index (χ3n) is 3.63. The average Bonchev–Trinajstić information content (AvgIpc) is 3.10. The highest BCUT2D eigenvalue weighted by Crippen LogP contribution is 2.33. The van der Waals surface area contributed by atoms with E-state index < -0.39 is 6.10 Å². The van der Waals surface area contributed by atoms with Crippen LogP contribution in [-0.2, 0) is 9.53 Å². The summed E-state index contributed by atoms with van der Waals surface area (Å²) in [5.74, 6) is 1.11. The number of aromatic nitrogens is 1. The SMILES string of the molecule is COc1ccc(-c2csc(NC(=O)[C@H]3CNCCO3)n2)cc1OC.Cl. The Morgan fingerprint density at radius 1 is 1.36 bits per heavy atom. The van der Waals surface area contributed by atoms with Crippen molar-refractivity contribution in [3.8, 4) is 22.8 Å². The van der Waals surface area contributed by atoms with Crippen molar-refractivity contribution in [3.63, 3.8) is 0 Å². The van der Waals surface area contributed by atoms with E-state index in [1.807, 2.05) is 23.6 Å². The van der Waals surface area contributed by atoms with Crippen LogP contribution < -0.4 is 20.1 Å². The molecular formula is C16H20ClN3O4S. The van der Waals surface area contributed by atoms with Crippen LogP contribution in [-0.4, -0.2) is 50.9 Å². The van der Waals surface area contributed by atoms with E-state index in [9.17, 15) is 4.79 Å². The molecule has 1 saturated heterocycles. The number of thiazole rings is 1. The van der Waals surface area contributed by atoms with Gasteiger partial charge in [-0.25, -0.2) is 4.98 Å². The van der Waals surface area contributed by atoms with Gasteiger partial charge >= 0.3 is 0 Å². The van der Waals surface area contributed by atoms with E-state index in [1.165, 1.54) is 11.3 Å². The number of hydrogen-bond donors (Lipinski definition) is 2. The van der Waals surface area contributed by atoms with Crippen LogP contribution in [0.5, 0.6) is 11.5 Å². The highest BCUT2D eigenvalue weighted by molar-refractivity contribution is 7.14. The fourth-order valence-corrected chi connectivity index (χ4v) is 3.10. The zero-order chi connectivity index (χ0) is 16.9. The minimum Gasteiger partial charge on any atom is -0.493 e. The first-order valence-electron chi connectivity index (χ1n) is 7.52. The van der Waals surface area contributed by atoms with Gasteiger partial charge in [0.05, 0.1) is 26.5 Å². The van der Waals surface area contributed by atoms with Gasteiger partial charge in [0.15, 0.2) is 16.6 Å². The minimum absolute atomic E-state index is 0. The second kappa shape index (κ2) is 9.00. The molecule has 0 unspecified atom stereocenters. The van der Waals surface area contributed by atoms with Crippen molar-refractivity contribution in [2.45, 2.75) is 6.10 Å². The van der Waals surface area contributed by atoms with E-state index in [4.69, 9.17) is 14.2 Å². The van der Waals surface area contributed by atoms with Crippen LogP contribution in [0.25, 0.3) is 11.3 Å². The second-order valence-electron chi connectivity index (χ2n) is 5.16. The molecule has 0 radical (unpaired) electrons. The van der Waals surface area contributed by atoms with E-state index in [0.29, 0.717) is 29.8 Å². The summed E-state index contributed by atoms with van der Waals surface area (Å²) in [6.45, 7) is 1.82. The van der Waals surface area contributed by atoms with Crippen molar-refractivity contribution in [2.24, 2.45) is 0 Å². The molecule has 0 bridgehead atoms. The van der Waals surface area contributed by atoms with Gasteiger partial charge in [0.2, 0.25) is 0 Å². The molecule has 25 heavy (non-hydrogen) atoms. The third kappa shape index (κ3) is 4.60. The van der Waals surface area contributed by atoms with E-state index in [2.05, 4.69) is 15.6 Å². The van der Waals surface area contributed by atoms with Gasteiger partial charge in [-0.05, 0) is 18.2 Å². The number of methoxy groups -OCH3 is 2. The Labute approximate surface area is 156 Å². The van der Waals surface area contributed by atoms with E-state index in [-0.39, 0.29) is 18.3 Å². The van der Waals surface area contributed by atoms with Crippen molar-refractivity contribution in [1.29, 1.82) is 0 Å². The highest BCUT2D eigenvalue weighted by atomic mass is 35.5. The number of hydrogen-bond acceptors (Lipinski definition) is 7. The van der Waals surface area contributed by atoms with Gasteiger partial charge in [0.1, 0.15) is 6.10 Å². The highest BCUT2D eigenvalue weighted by Gasteiger charge is 2.22. The Morgan fingerprint density at radius 2 is 2.16 bits per heavy atom. The molecule has 1 aromatic carbocycles. The van der Waals surface area contributed by atoms with E-state index in [1.54, 1.807) is 14.2 Å². The average molecular weight is 386 g/mol. The number of amides is 1. The quantitative estimate of drug-likeness (QED) is 0.821. The monoisotopic (exact) mass is 385 g/mol. The fraction of sp³-hybridized carbons (Fsp3) is 0.375. The lowest BCUT2D eigenvalue weighted by Crippen LogP contribution is -2.45. The van der Waals surface area contributed by atoms with Crippen LogP contribution in [0.1, 0.15) is 0 Å². The molecule has 2 N–H and O–H groups in total. The maximum atomic E-state index is 12.2. The molecule has 9 heteroatoms. The largest absolute Gasteiger partial charge is 0.493 e. The summed E-state index contributed by atoms with van der Waals surface area (Å²) >= 11 is 1.37. The summed E-state index contributed by atoms with van der Waals surface area (Å²) in [6.07, 6.45) is -0.479. The minimum atomic E-state index is -0.479. The lowest BCUT2D eigenvalue weighted by atomic mass is 10.1.